The van der Waals surface area contributed by atoms with Gasteiger partial charge in [0.1, 0.15) is 5.65 Å². The standard InChI is InChI=1S/C17H21N5O2/c1-17(2,3)16-20-15(24-21-16)5-4-14(23)19-11-12-6-8-22-9-7-18-13(22)10-12/h6-10H,4-5,11H2,1-3H3,(H,19,23). The Bertz CT molecular complexity index is 844. The van der Waals surface area contributed by atoms with Crippen molar-refractivity contribution in [3.63, 3.8) is 0 Å². The second-order valence-corrected chi connectivity index (χ2v) is 6.77. The molecule has 126 valence electrons. The third kappa shape index (κ3) is 3.79. The van der Waals surface area contributed by atoms with Crippen LogP contribution in [0, 0.1) is 0 Å². The lowest BCUT2D eigenvalue weighted by Crippen LogP contribution is -2.23. The molecule has 3 rings (SSSR count). The first-order chi connectivity index (χ1) is 11.4. The first-order valence-electron chi connectivity index (χ1n) is 7.93. The number of nitrogens with one attached hydrogen (secondary N) is 1. The number of carbonyl (C=O) groups is 1. The highest BCUT2D eigenvalue weighted by Gasteiger charge is 2.21. The second kappa shape index (κ2) is 6.43. The molecular formula is C17H21N5O2. The molecule has 0 aromatic carbocycles. The second-order valence-electron chi connectivity index (χ2n) is 6.77. The molecule has 3 aromatic heterocycles. The lowest BCUT2D eigenvalue weighted by molar-refractivity contribution is -0.121. The molecular weight excluding hydrogens is 306 g/mol. The molecule has 7 nitrogen and oxygen atoms in total. The van der Waals surface area contributed by atoms with Gasteiger partial charge in [0.2, 0.25) is 11.8 Å². The van der Waals surface area contributed by atoms with Crippen LogP contribution >= 0.6 is 0 Å². The third-order valence-corrected chi connectivity index (χ3v) is 3.66. The SMILES string of the molecule is CC(C)(C)c1noc(CCC(=O)NCc2ccn3ccnc3c2)n1. The molecule has 0 unspecified atom stereocenters. The van der Waals surface area contributed by atoms with Crippen molar-refractivity contribution in [2.24, 2.45) is 0 Å². The molecule has 3 aromatic rings. The van der Waals surface area contributed by atoms with Crippen LogP contribution in [-0.2, 0) is 23.2 Å². The van der Waals surface area contributed by atoms with Gasteiger partial charge in [0.05, 0.1) is 0 Å². The Morgan fingerprint density at radius 2 is 2.17 bits per heavy atom. The minimum atomic E-state index is -0.157. The summed E-state index contributed by atoms with van der Waals surface area (Å²) in [5.41, 5.74) is 1.72. The molecule has 0 atom stereocenters. The first kappa shape index (κ1) is 16.2. The van der Waals surface area contributed by atoms with Gasteiger partial charge >= 0.3 is 0 Å². The number of aryl methyl sites for hydroxylation is 1. The van der Waals surface area contributed by atoms with Crippen LogP contribution in [0.25, 0.3) is 5.65 Å². The van der Waals surface area contributed by atoms with Crippen molar-refractivity contribution in [3.8, 4) is 0 Å². The average Bonchev–Trinajstić information content (AvgIpc) is 3.18. The third-order valence-electron chi connectivity index (χ3n) is 3.66. The van der Waals surface area contributed by atoms with Gasteiger partial charge in [-0.2, -0.15) is 4.98 Å². The molecule has 0 aliphatic carbocycles. The number of imidazole rings is 1. The number of fused-ring (bicyclic) bond motifs is 1. The highest BCUT2D eigenvalue weighted by Crippen LogP contribution is 2.18. The van der Waals surface area contributed by atoms with Crippen LogP contribution in [0.3, 0.4) is 0 Å². The smallest absolute Gasteiger partial charge is 0.227 e. The number of carbonyl (C=O) groups excluding carboxylic acids is 1. The van der Waals surface area contributed by atoms with E-state index in [1.165, 1.54) is 0 Å². The van der Waals surface area contributed by atoms with Crippen molar-refractivity contribution < 1.29 is 9.32 Å². The highest BCUT2D eigenvalue weighted by molar-refractivity contribution is 5.76. The van der Waals surface area contributed by atoms with E-state index in [1.807, 2.05) is 49.7 Å². The quantitative estimate of drug-likeness (QED) is 0.777. The maximum absolute atomic E-state index is 12.0. The Hall–Kier alpha value is -2.70. The normalized spacial score (nSPS) is 11.8. The molecule has 1 N–H and O–H groups in total. The summed E-state index contributed by atoms with van der Waals surface area (Å²) in [6, 6.07) is 3.91. The zero-order chi connectivity index (χ0) is 17.2. The Balaban J connectivity index is 1.49. The average molecular weight is 327 g/mol. The van der Waals surface area contributed by atoms with Gasteiger partial charge in [-0.05, 0) is 17.7 Å². The fourth-order valence-corrected chi connectivity index (χ4v) is 2.23. The summed E-state index contributed by atoms with van der Waals surface area (Å²) in [4.78, 5) is 20.5. The molecule has 24 heavy (non-hydrogen) atoms. The number of pyridine rings is 1. The summed E-state index contributed by atoms with van der Waals surface area (Å²) in [5.74, 6) is 1.11. The van der Waals surface area contributed by atoms with E-state index in [4.69, 9.17) is 4.52 Å². The molecule has 0 saturated carbocycles. The van der Waals surface area contributed by atoms with Crippen LogP contribution in [0.5, 0.6) is 0 Å². The minimum absolute atomic E-state index is 0.0475. The van der Waals surface area contributed by atoms with Crippen LogP contribution < -0.4 is 5.32 Å². The van der Waals surface area contributed by atoms with E-state index in [2.05, 4.69) is 20.4 Å². The van der Waals surface area contributed by atoms with E-state index in [1.54, 1.807) is 6.20 Å². The number of rotatable bonds is 5. The van der Waals surface area contributed by atoms with Gasteiger partial charge in [-0.25, -0.2) is 4.98 Å². The molecule has 0 spiro atoms. The summed E-state index contributed by atoms with van der Waals surface area (Å²) in [6.45, 7) is 6.53. The first-order valence-corrected chi connectivity index (χ1v) is 7.93. The number of hydrogen-bond donors (Lipinski definition) is 1. The number of hydrogen-bond acceptors (Lipinski definition) is 5. The van der Waals surface area contributed by atoms with Crippen LogP contribution in [0.4, 0.5) is 0 Å². The van der Waals surface area contributed by atoms with Gasteiger partial charge in [0.25, 0.3) is 0 Å². The Labute approximate surface area is 140 Å². The van der Waals surface area contributed by atoms with Gasteiger partial charge in [-0.15, -0.1) is 0 Å². The Morgan fingerprint density at radius 3 is 2.92 bits per heavy atom. The number of aromatic nitrogens is 4. The zero-order valence-electron chi connectivity index (χ0n) is 14.1. The van der Waals surface area contributed by atoms with Crippen molar-refractivity contribution in [1.29, 1.82) is 0 Å². The Morgan fingerprint density at radius 1 is 1.33 bits per heavy atom. The maximum Gasteiger partial charge on any atom is 0.227 e. The molecule has 3 heterocycles. The number of amides is 1. The molecule has 0 aliphatic heterocycles. The van der Waals surface area contributed by atoms with Crippen LogP contribution in [-0.4, -0.2) is 25.4 Å². The summed E-state index contributed by atoms with van der Waals surface area (Å²) >= 11 is 0. The fourth-order valence-electron chi connectivity index (χ4n) is 2.23. The predicted molar refractivity (Wildman–Crippen MR) is 88.4 cm³/mol. The van der Waals surface area contributed by atoms with Crippen molar-refractivity contribution in [2.45, 2.75) is 45.6 Å². The van der Waals surface area contributed by atoms with E-state index in [-0.39, 0.29) is 11.3 Å². The van der Waals surface area contributed by atoms with E-state index in [9.17, 15) is 4.79 Å². The van der Waals surface area contributed by atoms with Gasteiger partial charge in [-0.3, -0.25) is 4.79 Å². The maximum atomic E-state index is 12.0. The van der Waals surface area contributed by atoms with Crippen LogP contribution in [0.2, 0.25) is 0 Å². The van der Waals surface area contributed by atoms with E-state index < -0.39 is 0 Å². The topological polar surface area (TPSA) is 85.3 Å². The predicted octanol–water partition coefficient (Wildman–Crippen LogP) is 2.26. The summed E-state index contributed by atoms with van der Waals surface area (Å²) in [7, 11) is 0. The molecule has 0 fully saturated rings. The van der Waals surface area contributed by atoms with Crippen molar-refractivity contribution in [2.75, 3.05) is 0 Å². The fraction of sp³-hybridized carbons (Fsp3) is 0.412. The van der Waals surface area contributed by atoms with Crippen LogP contribution in [0.15, 0.2) is 35.2 Å². The van der Waals surface area contributed by atoms with Gasteiger partial charge in [0, 0.05) is 43.4 Å². The lowest BCUT2D eigenvalue weighted by atomic mass is 9.96. The van der Waals surface area contributed by atoms with E-state index in [0.29, 0.717) is 31.1 Å². The van der Waals surface area contributed by atoms with Crippen LogP contribution in [0.1, 0.15) is 44.5 Å². The van der Waals surface area contributed by atoms with Gasteiger partial charge in [0.15, 0.2) is 5.82 Å². The molecule has 0 bridgehead atoms. The van der Waals surface area contributed by atoms with E-state index >= 15 is 0 Å². The molecule has 0 aliphatic rings. The summed E-state index contributed by atoms with van der Waals surface area (Å²) in [6.07, 6.45) is 6.31. The molecule has 0 saturated heterocycles. The van der Waals surface area contributed by atoms with Gasteiger partial charge < -0.3 is 14.2 Å². The van der Waals surface area contributed by atoms with Gasteiger partial charge in [-0.1, -0.05) is 25.9 Å². The summed E-state index contributed by atoms with van der Waals surface area (Å²) < 4.78 is 7.12. The molecule has 0 radical (unpaired) electrons. The monoisotopic (exact) mass is 327 g/mol. The Kier molecular flexibility index (Phi) is 4.33. The van der Waals surface area contributed by atoms with E-state index in [0.717, 1.165) is 11.2 Å². The largest absolute Gasteiger partial charge is 0.352 e. The minimum Gasteiger partial charge on any atom is -0.352 e. The lowest BCUT2D eigenvalue weighted by Gasteiger charge is -2.10. The molecule has 7 heteroatoms. The van der Waals surface area contributed by atoms with Crippen molar-refractivity contribution in [1.82, 2.24) is 24.8 Å². The summed E-state index contributed by atoms with van der Waals surface area (Å²) in [5, 5.41) is 6.85. The zero-order valence-corrected chi connectivity index (χ0v) is 14.1. The van der Waals surface area contributed by atoms with Crippen molar-refractivity contribution >= 4 is 11.6 Å². The molecule has 1 amide bonds. The highest BCUT2D eigenvalue weighted by atomic mass is 16.5. The number of nitrogens with zero attached hydrogens (tertiary/aromatic N) is 4. The van der Waals surface area contributed by atoms with Crippen molar-refractivity contribution in [3.05, 3.63) is 48.0 Å².